The fourth-order valence-electron chi connectivity index (χ4n) is 3.19. The van der Waals surface area contributed by atoms with Crippen molar-refractivity contribution < 1.29 is 4.79 Å². The minimum Gasteiger partial charge on any atom is -0.359 e. The highest BCUT2D eigenvalue weighted by atomic mass is 32.1. The van der Waals surface area contributed by atoms with Crippen LogP contribution in [0.5, 0.6) is 0 Å². The van der Waals surface area contributed by atoms with Crippen LogP contribution in [0.15, 0.2) is 18.2 Å². The van der Waals surface area contributed by atoms with Gasteiger partial charge in [0.2, 0.25) is 0 Å². The lowest BCUT2D eigenvalue weighted by atomic mass is 10.1. The first-order valence-corrected chi connectivity index (χ1v) is 8.12. The summed E-state index contributed by atoms with van der Waals surface area (Å²) >= 11 is 5.20. The lowest BCUT2D eigenvalue weighted by Crippen LogP contribution is -2.49. The van der Waals surface area contributed by atoms with Gasteiger partial charge in [0.25, 0.3) is 5.91 Å². The fourth-order valence-corrected chi connectivity index (χ4v) is 3.41. The summed E-state index contributed by atoms with van der Waals surface area (Å²) in [7, 11) is 0. The molecule has 1 aromatic carbocycles. The van der Waals surface area contributed by atoms with Crippen molar-refractivity contribution in [1.29, 1.82) is 0 Å². The first kappa shape index (κ1) is 14.3. The summed E-state index contributed by atoms with van der Waals surface area (Å²) in [5.41, 5.74) is 8.83. The number of hydrogen-bond acceptors (Lipinski definition) is 2. The Morgan fingerprint density at radius 3 is 2.62 bits per heavy atom. The van der Waals surface area contributed by atoms with Crippen molar-refractivity contribution in [2.75, 3.05) is 0 Å². The summed E-state index contributed by atoms with van der Waals surface area (Å²) in [4.78, 5) is 12.1. The van der Waals surface area contributed by atoms with Crippen LogP contribution in [0.25, 0.3) is 0 Å². The maximum absolute atomic E-state index is 12.1. The average molecular weight is 303 g/mol. The molecular weight excluding hydrogens is 282 g/mol. The van der Waals surface area contributed by atoms with Gasteiger partial charge in [0.15, 0.2) is 5.11 Å². The van der Waals surface area contributed by atoms with Gasteiger partial charge in [0.1, 0.15) is 0 Å². The van der Waals surface area contributed by atoms with Crippen molar-refractivity contribution in [2.24, 2.45) is 0 Å². The van der Waals surface area contributed by atoms with Crippen molar-refractivity contribution in [2.45, 2.75) is 51.0 Å². The molecule has 0 aromatic heterocycles. The first-order valence-electron chi connectivity index (χ1n) is 7.71. The summed E-state index contributed by atoms with van der Waals surface area (Å²) in [5, 5.41) is 3.73. The van der Waals surface area contributed by atoms with Gasteiger partial charge < -0.3 is 5.32 Å². The molecular formula is C16H21N3OS. The number of nitrogens with one attached hydrogen (secondary N) is 3. The number of hydrogen-bond donors (Lipinski definition) is 3. The van der Waals surface area contributed by atoms with Crippen LogP contribution in [0.1, 0.15) is 53.6 Å². The van der Waals surface area contributed by atoms with E-state index in [4.69, 9.17) is 12.2 Å². The SMILES string of the molecule is O=C(NNC(=S)NC1CCCC1)c1ccc2c(c1)CCC2. The lowest BCUT2D eigenvalue weighted by molar-refractivity contribution is 0.0943. The molecule has 2 aliphatic rings. The molecule has 0 spiro atoms. The number of hydrazine groups is 1. The standard InChI is InChI=1S/C16H21N3OS/c20-15(13-9-8-11-4-3-5-12(11)10-13)18-19-16(21)17-14-6-1-2-7-14/h8-10,14H,1-7H2,(H,18,20)(H2,17,19,21). The Morgan fingerprint density at radius 1 is 1.05 bits per heavy atom. The second-order valence-corrected chi connectivity index (χ2v) is 6.28. The molecule has 1 saturated carbocycles. The van der Waals surface area contributed by atoms with E-state index in [0.29, 0.717) is 16.7 Å². The molecule has 0 radical (unpaired) electrons. The van der Waals surface area contributed by atoms with Gasteiger partial charge in [0.05, 0.1) is 0 Å². The highest BCUT2D eigenvalue weighted by Gasteiger charge is 2.16. The molecule has 4 nitrogen and oxygen atoms in total. The zero-order valence-corrected chi connectivity index (χ0v) is 12.9. The maximum atomic E-state index is 12.1. The molecule has 0 atom stereocenters. The average Bonchev–Trinajstić information content (AvgIpc) is 3.14. The number of thiocarbonyl (C=S) groups is 1. The third-order valence-corrected chi connectivity index (χ3v) is 4.56. The number of rotatable bonds is 2. The first-order chi connectivity index (χ1) is 10.2. The van der Waals surface area contributed by atoms with Crippen LogP contribution < -0.4 is 16.2 Å². The maximum Gasteiger partial charge on any atom is 0.269 e. The van der Waals surface area contributed by atoms with Crippen molar-refractivity contribution in [3.63, 3.8) is 0 Å². The van der Waals surface area contributed by atoms with E-state index >= 15 is 0 Å². The predicted molar refractivity (Wildman–Crippen MR) is 87.1 cm³/mol. The molecule has 2 aliphatic carbocycles. The van der Waals surface area contributed by atoms with E-state index in [2.05, 4.69) is 22.2 Å². The molecule has 1 fully saturated rings. The molecule has 0 saturated heterocycles. The van der Waals surface area contributed by atoms with Crippen molar-refractivity contribution in [1.82, 2.24) is 16.2 Å². The Hall–Kier alpha value is -1.62. The van der Waals surface area contributed by atoms with Crippen LogP contribution in [0.4, 0.5) is 0 Å². The van der Waals surface area contributed by atoms with Gasteiger partial charge in [-0.3, -0.25) is 15.6 Å². The second-order valence-electron chi connectivity index (χ2n) is 5.87. The predicted octanol–water partition coefficient (Wildman–Crippen LogP) is 2.23. The summed E-state index contributed by atoms with van der Waals surface area (Å²) in [6.07, 6.45) is 8.20. The highest BCUT2D eigenvalue weighted by Crippen LogP contribution is 2.22. The Morgan fingerprint density at radius 2 is 1.81 bits per heavy atom. The van der Waals surface area contributed by atoms with Crippen LogP contribution >= 0.6 is 12.2 Å². The zero-order valence-electron chi connectivity index (χ0n) is 12.1. The minimum absolute atomic E-state index is 0.139. The molecule has 1 amide bonds. The van der Waals surface area contributed by atoms with Crippen LogP contribution in [0.3, 0.4) is 0 Å². The minimum atomic E-state index is -0.139. The fraction of sp³-hybridized carbons (Fsp3) is 0.500. The summed E-state index contributed by atoms with van der Waals surface area (Å²) in [6, 6.07) is 6.38. The molecule has 0 bridgehead atoms. The largest absolute Gasteiger partial charge is 0.359 e. The van der Waals surface area contributed by atoms with Gasteiger partial charge in [0, 0.05) is 11.6 Å². The van der Waals surface area contributed by atoms with Crippen LogP contribution in [-0.4, -0.2) is 17.1 Å². The van der Waals surface area contributed by atoms with E-state index in [9.17, 15) is 4.79 Å². The Balaban J connectivity index is 1.50. The Bertz CT molecular complexity index is 552. The van der Waals surface area contributed by atoms with Crippen molar-refractivity contribution in [3.8, 4) is 0 Å². The summed E-state index contributed by atoms with van der Waals surface area (Å²) in [6.45, 7) is 0. The molecule has 112 valence electrons. The number of aryl methyl sites for hydroxylation is 2. The zero-order chi connectivity index (χ0) is 14.7. The van der Waals surface area contributed by atoms with Gasteiger partial charge in [-0.2, -0.15) is 0 Å². The molecule has 5 heteroatoms. The molecule has 0 heterocycles. The Kier molecular flexibility index (Phi) is 4.39. The second kappa shape index (κ2) is 6.43. The molecule has 21 heavy (non-hydrogen) atoms. The third kappa shape index (κ3) is 3.53. The highest BCUT2D eigenvalue weighted by molar-refractivity contribution is 7.80. The van der Waals surface area contributed by atoms with Crippen LogP contribution in [0, 0.1) is 0 Å². The topological polar surface area (TPSA) is 53.2 Å². The number of amides is 1. The number of benzene rings is 1. The summed E-state index contributed by atoms with van der Waals surface area (Å²) in [5.74, 6) is -0.139. The van der Waals surface area contributed by atoms with Crippen molar-refractivity contribution in [3.05, 3.63) is 34.9 Å². The van der Waals surface area contributed by atoms with E-state index < -0.39 is 0 Å². The monoisotopic (exact) mass is 303 g/mol. The molecule has 0 unspecified atom stereocenters. The molecule has 3 N–H and O–H groups in total. The van der Waals surface area contributed by atoms with E-state index in [-0.39, 0.29) is 5.91 Å². The van der Waals surface area contributed by atoms with Gasteiger partial charge in [-0.15, -0.1) is 0 Å². The van der Waals surface area contributed by atoms with Crippen molar-refractivity contribution >= 4 is 23.2 Å². The van der Waals surface area contributed by atoms with Crippen LogP contribution in [-0.2, 0) is 12.8 Å². The third-order valence-electron chi connectivity index (χ3n) is 4.34. The smallest absolute Gasteiger partial charge is 0.269 e. The van der Waals surface area contributed by atoms with Gasteiger partial charge in [-0.25, -0.2) is 0 Å². The van der Waals surface area contributed by atoms with E-state index in [1.807, 2.05) is 12.1 Å². The van der Waals surface area contributed by atoms with Gasteiger partial charge in [-0.05, 0) is 67.6 Å². The normalized spacial score (nSPS) is 17.3. The number of carbonyl (C=O) groups is 1. The number of carbonyl (C=O) groups excluding carboxylic acids is 1. The molecule has 1 aromatic rings. The van der Waals surface area contributed by atoms with E-state index in [1.165, 1.54) is 30.4 Å². The van der Waals surface area contributed by atoms with Gasteiger partial charge >= 0.3 is 0 Å². The summed E-state index contributed by atoms with van der Waals surface area (Å²) < 4.78 is 0. The Labute approximate surface area is 130 Å². The lowest BCUT2D eigenvalue weighted by Gasteiger charge is -2.16. The number of fused-ring (bicyclic) bond motifs is 1. The van der Waals surface area contributed by atoms with Gasteiger partial charge in [-0.1, -0.05) is 18.9 Å². The van der Waals surface area contributed by atoms with E-state index in [0.717, 1.165) is 25.7 Å². The molecule has 3 rings (SSSR count). The van der Waals surface area contributed by atoms with Crippen LogP contribution in [0.2, 0.25) is 0 Å². The quantitative estimate of drug-likeness (QED) is 0.579. The van der Waals surface area contributed by atoms with E-state index in [1.54, 1.807) is 0 Å². The molecule has 0 aliphatic heterocycles.